The zero-order valence-corrected chi connectivity index (χ0v) is 17.1. The zero-order valence-electron chi connectivity index (χ0n) is 17.1. The average Bonchev–Trinajstić information content (AvgIpc) is 3.24. The van der Waals surface area contributed by atoms with Crippen molar-refractivity contribution in [2.75, 3.05) is 19.5 Å². The topological polar surface area (TPSA) is 74.1 Å². The lowest BCUT2D eigenvalue weighted by atomic mass is 9.98. The van der Waals surface area contributed by atoms with Crippen molar-refractivity contribution in [2.24, 2.45) is 0 Å². The third kappa shape index (κ3) is 4.25. The van der Waals surface area contributed by atoms with E-state index in [1.165, 1.54) is 0 Å². The molecule has 0 saturated heterocycles. The molecule has 0 saturated carbocycles. The van der Waals surface area contributed by atoms with Gasteiger partial charge in [0.15, 0.2) is 5.82 Å². The molecule has 0 amide bonds. The van der Waals surface area contributed by atoms with Gasteiger partial charge >= 0.3 is 0 Å². The van der Waals surface area contributed by atoms with Gasteiger partial charge < -0.3 is 14.8 Å². The monoisotopic (exact) mass is 401 g/mol. The second-order valence-electron chi connectivity index (χ2n) is 6.81. The van der Waals surface area contributed by atoms with Crippen LogP contribution in [0, 0.1) is 6.92 Å². The van der Waals surface area contributed by atoms with Gasteiger partial charge in [-0.05, 0) is 60.5 Å². The molecule has 1 N–H and O–H groups in total. The van der Waals surface area contributed by atoms with E-state index in [4.69, 9.17) is 9.47 Å². The molecule has 7 heteroatoms. The molecule has 4 aromatic rings. The number of benzene rings is 2. The molecule has 2 aromatic carbocycles. The summed E-state index contributed by atoms with van der Waals surface area (Å²) in [6.07, 6.45) is 1.86. The number of hydrogen-bond donors (Lipinski definition) is 1. The van der Waals surface area contributed by atoms with Gasteiger partial charge in [-0.2, -0.15) is 5.10 Å². The first-order valence-corrected chi connectivity index (χ1v) is 9.57. The molecule has 0 aliphatic rings. The summed E-state index contributed by atoms with van der Waals surface area (Å²) >= 11 is 0. The molecule has 0 atom stereocenters. The van der Waals surface area contributed by atoms with Crippen LogP contribution in [0.5, 0.6) is 11.5 Å². The minimum atomic E-state index is -0.165. The second kappa shape index (κ2) is 8.65. The van der Waals surface area contributed by atoms with Gasteiger partial charge in [-0.3, -0.25) is 0 Å². The summed E-state index contributed by atoms with van der Waals surface area (Å²) in [5.41, 5.74) is 3.00. The number of nitrogens with zero attached hydrogens (tertiary/aromatic N) is 4. The maximum atomic E-state index is 5.41. The Morgan fingerprint density at radius 3 is 2.00 bits per heavy atom. The number of nitrogens with one attached hydrogen (secondary N) is 1. The van der Waals surface area contributed by atoms with Gasteiger partial charge in [-0.15, -0.1) is 10.2 Å². The molecule has 7 nitrogen and oxygen atoms in total. The van der Waals surface area contributed by atoms with Crippen LogP contribution in [-0.4, -0.2) is 34.2 Å². The van der Waals surface area contributed by atoms with Crippen molar-refractivity contribution in [3.63, 3.8) is 0 Å². The lowest BCUT2D eigenvalue weighted by Gasteiger charge is -2.21. The van der Waals surface area contributed by atoms with Gasteiger partial charge in [-0.1, -0.05) is 24.3 Å². The zero-order chi connectivity index (χ0) is 20.9. The van der Waals surface area contributed by atoms with Crippen LogP contribution in [0.25, 0.3) is 5.82 Å². The van der Waals surface area contributed by atoms with Crippen LogP contribution >= 0.6 is 0 Å². The number of methoxy groups -OCH3 is 2. The minimum absolute atomic E-state index is 0.165. The molecule has 152 valence electrons. The summed E-state index contributed by atoms with van der Waals surface area (Å²) in [5.74, 6) is 2.89. The Kier molecular flexibility index (Phi) is 5.61. The fraction of sp³-hybridized carbons (Fsp3) is 0.174. The summed E-state index contributed by atoms with van der Waals surface area (Å²) in [4.78, 5) is 0. The summed E-state index contributed by atoms with van der Waals surface area (Å²) in [6.45, 7) is 1.94. The second-order valence-corrected chi connectivity index (χ2v) is 6.81. The smallest absolute Gasteiger partial charge is 0.175 e. The van der Waals surface area contributed by atoms with Crippen molar-refractivity contribution < 1.29 is 9.47 Å². The number of anilines is 1. The van der Waals surface area contributed by atoms with E-state index in [-0.39, 0.29) is 6.04 Å². The Labute approximate surface area is 175 Å². The first-order valence-electron chi connectivity index (χ1n) is 9.57. The number of ether oxygens (including phenoxy) is 2. The predicted octanol–water partition coefficient (Wildman–Crippen LogP) is 4.19. The van der Waals surface area contributed by atoms with Crippen molar-refractivity contribution in [1.82, 2.24) is 20.0 Å². The normalized spacial score (nSPS) is 10.8. The Morgan fingerprint density at radius 1 is 0.833 bits per heavy atom. The van der Waals surface area contributed by atoms with Gasteiger partial charge in [0.25, 0.3) is 0 Å². The molecule has 4 rings (SSSR count). The highest BCUT2D eigenvalue weighted by Gasteiger charge is 2.17. The highest BCUT2D eigenvalue weighted by Crippen LogP contribution is 2.30. The van der Waals surface area contributed by atoms with Crippen LogP contribution in [0.3, 0.4) is 0 Å². The highest BCUT2D eigenvalue weighted by molar-refractivity contribution is 5.47. The third-order valence-corrected chi connectivity index (χ3v) is 4.75. The van der Waals surface area contributed by atoms with Crippen LogP contribution in [0.1, 0.15) is 22.9 Å². The number of hydrogen-bond acceptors (Lipinski definition) is 6. The predicted molar refractivity (Wildman–Crippen MR) is 115 cm³/mol. The lowest BCUT2D eigenvalue weighted by Crippen LogP contribution is -2.14. The molecule has 2 aromatic heterocycles. The molecular weight excluding hydrogens is 378 g/mol. The van der Waals surface area contributed by atoms with E-state index in [0.717, 1.165) is 28.3 Å². The minimum Gasteiger partial charge on any atom is -0.497 e. The number of aryl methyl sites for hydroxylation is 1. The van der Waals surface area contributed by atoms with Crippen LogP contribution in [-0.2, 0) is 0 Å². The van der Waals surface area contributed by atoms with Crippen LogP contribution < -0.4 is 14.8 Å². The van der Waals surface area contributed by atoms with Gasteiger partial charge in [0, 0.05) is 6.20 Å². The molecule has 2 heterocycles. The summed E-state index contributed by atoms with van der Waals surface area (Å²) in [7, 11) is 3.32. The van der Waals surface area contributed by atoms with Crippen LogP contribution in [0.4, 0.5) is 5.82 Å². The first-order chi connectivity index (χ1) is 14.7. The quantitative estimate of drug-likeness (QED) is 0.501. The van der Waals surface area contributed by atoms with Gasteiger partial charge in [0.1, 0.15) is 17.3 Å². The van der Waals surface area contributed by atoms with Crippen molar-refractivity contribution in [3.05, 3.63) is 89.7 Å². The summed E-state index contributed by atoms with van der Waals surface area (Å²) in [6, 6.07) is 21.4. The van der Waals surface area contributed by atoms with Crippen LogP contribution in [0.2, 0.25) is 0 Å². The molecule has 30 heavy (non-hydrogen) atoms. The van der Waals surface area contributed by atoms with Crippen LogP contribution in [0.15, 0.2) is 72.9 Å². The van der Waals surface area contributed by atoms with E-state index in [1.54, 1.807) is 18.9 Å². The molecule has 0 aliphatic heterocycles. The number of rotatable bonds is 7. The molecule has 0 radical (unpaired) electrons. The molecule has 0 spiro atoms. The third-order valence-electron chi connectivity index (χ3n) is 4.75. The summed E-state index contributed by atoms with van der Waals surface area (Å²) in [5, 5.41) is 16.5. The Bertz CT molecular complexity index is 1080. The fourth-order valence-electron chi connectivity index (χ4n) is 3.22. The highest BCUT2D eigenvalue weighted by atomic mass is 16.5. The molecular formula is C23H23N5O2. The fourth-order valence-corrected chi connectivity index (χ4v) is 3.22. The molecule has 0 aliphatic carbocycles. The van der Waals surface area contributed by atoms with Gasteiger partial charge in [0.2, 0.25) is 0 Å². The van der Waals surface area contributed by atoms with E-state index < -0.39 is 0 Å². The molecule has 0 fully saturated rings. The van der Waals surface area contributed by atoms with Crippen molar-refractivity contribution in [1.29, 1.82) is 0 Å². The van der Waals surface area contributed by atoms with Crippen molar-refractivity contribution in [3.8, 4) is 17.3 Å². The van der Waals surface area contributed by atoms with Gasteiger partial charge in [0.05, 0.1) is 26.0 Å². The van der Waals surface area contributed by atoms with E-state index in [0.29, 0.717) is 11.6 Å². The summed E-state index contributed by atoms with van der Waals surface area (Å²) < 4.78 is 12.5. The molecule has 0 bridgehead atoms. The largest absolute Gasteiger partial charge is 0.497 e. The van der Waals surface area contributed by atoms with Crippen molar-refractivity contribution in [2.45, 2.75) is 13.0 Å². The average molecular weight is 401 g/mol. The standard InChI is InChI=1S/C23H23N5O2/c1-16-12-13-28(27-16)22-11-10-21(25-26-22)24-23(17-6-4-8-19(14-17)29-2)18-7-5-9-20(15-18)30-3/h4-15,23H,1-3H3,(H,24,25). The maximum absolute atomic E-state index is 5.41. The van der Waals surface area contributed by atoms with Gasteiger partial charge in [-0.25, -0.2) is 4.68 Å². The molecule has 0 unspecified atom stereocenters. The van der Waals surface area contributed by atoms with E-state index in [1.807, 2.05) is 79.9 Å². The van der Waals surface area contributed by atoms with E-state index in [9.17, 15) is 0 Å². The SMILES string of the molecule is COc1cccc(C(Nc2ccc(-n3ccc(C)n3)nn2)c2cccc(OC)c2)c1. The van der Waals surface area contributed by atoms with Crippen molar-refractivity contribution >= 4 is 5.82 Å². The maximum Gasteiger partial charge on any atom is 0.175 e. The Morgan fingerprint density at radius 2 is 1.50 bits per heavy atom. The lowest BCUT2D eigenvalue weighted by molar-refractivity contribution is 0.413. The van der Waals surface area contributed by atoms with E-state index >= 15 is 0 Å². The van der Waals surface area contributed by atoms with E-state index in [2.05, 4.69) is 20.6 Å². The Hall–Kier alpha value is -3.87. The Balaban J connectivity index is 1.67. The number of aromatic nitrogens is 4. The first kappa shape index (κ1) is 19.4.